The van der Waals surface area contributed by atoms with Crippen LogP contribution >= 0.6 is 11.3 Å². The van der Waals surface area contributed by atoms with Crippen LogP contribution in [0.4, 0.5) is 0 Å². The number of methoxy groups -OCH3 is 1. The van der Waals surface area contributed by atoms with Crippen molar-refractivity contribution in [2.45, 2.75) is 38.7 Å². The maximum atomic E-state index is 5.51. The van der Waals surface area contributed by atoms with E-state index in [1.54, 1.807) is 18.4 Å². The number of nitrogens with one attached hydrogen (secondary N) is 1. The summed E-state index contributed by atoms with van der Waals surface area (Å²) in [6, 6.07) is 0. The molecule has 1 rings (SSSR count). The minimum Gasteiger partial charge on any atom is -0.371 e. The minimum absolute atomic E-state index is 0.279. The third kappa shape index (κ3) is 3.23. The van der Waals surface area contributed by atoms with E-state index in [4.69, 9.17) is 4.74 Å². The van der Waals surface area contributed by atoms with Gasteiger partial charge >= 0.3 is 0 Å². The molecule has 0 spiro atoms. The molecule has 1 aromatic rings. The lowest BCUT2D eigenvalue weighted by Gasteiger charge is -2.22. The molecule has 4 nitrogen and oxygen atoms in total. The van der Waals surface area contributed by atoms with Crippen molar-refractivity contribution < 1.29 is 4.74 Å². The Labute approximate surface area is 101 Å². The fourth-order valence-electron chi connectivity index (χ4n) is 1.37. The van der Waals surface area contributed by atoms with E-state index in [2.05, 4.69) is 29.4 Å². The van der Waals surface area contributed by atoms with Gasteiger partial charge in [0.2, 0.25) is 0 Å². The van der Waals surface area contributed by atoms with Gasteiger partial charge in [0.15, 0.2) is 0 Å². The normalized spacial score (nSPS) is 15.0. The summed E-state index contributed by atoms with van der Waals surface area (Å²) in [5, 5.41) is 13.7. The predicted molar refractivity (Wildman–Crippen MR) is 66.8 cm³/mol. The summed E-state index contributed by atoms with van der Waals surface area (Å²) in [7, 11) is 3.69. The first-order valence-corrected chi connectivity index (χ1v) is 6.50. The van der Waals surface area contributed by atoms with Crippen LogP contribution in [0.15, 0.2) is 0 Å². The Morgan fingerprint density at radius 3 is 2.75 bits per heavy atom. The van der Waals surface area contributed by atoms with Gasteiger partial charge in [-0.15, -0.1) is 10.2 Å². The van der Waals surface area contributed by atoms with Crippen molar-refractivity contribution in [1.29, 1.82) is 0 Å². The lowest BCUT2D eigenvalue weighted by Crippen LogP contribution is -2.22. The number of nitrogens with zero attached hydrogens (tertiary/aromatic N) is 2. The molecule has 0 aliphatic heterocycles. The second kappa shape index (κ2) is 6.27. The highest BCUT2D eigenvalue weighted by Crippen LogP contribution is 2.30. The number of aryl methyl sites for hydroxylation is 1. The molecule has 1 N–H and O–H groups in total. The summed E-state index contributed by atoms with van der Waals surface area (Å²) in [6.07, 6.45) is 3.00. The summed E-state index contributed by atoms with van der Waals surface area (Å²) < 4.78 is 5.51. The molecule has 0 amide bonds. The van der Waals surface area contributed by atoms with E-state index in [9.17, 15) is 0 Å². The SMILES string of the molecule is CCC(C)(OC)c1nnc(CCCNC)s1. The molecule has 0 saturated carbocycles. The monoisotopic (exact) mass is 243 g/mol. The second-order valence-electron chi connectivity index (χ2n) is 4.00. The largest absolute Gasteiger partial charge is 0.371 e. The zero-order valence-corrected chi connectivity index (χ0v) is 11.4. The standard InChI is InChI=1S/C11H21N3OS/c1-5-11(2,15-4)10-14-13-9(16-10)7-6-8-12-3/h12H,5-8H2,1-4H3. The summed E-state index contributed by atoms with van der Waals surface area (Å²) in [5.74, 6) is 0. The highest BCUT2D eigenvalue weighted by molar-refractivity contribution is 7.11. The van der Waals surface area contributed by atoms with E-state index in [0.29, 0.717) is 0 Å². The maximum absolute atomic E-state index is 5.51. The minimum atomic E-state index is -0.279. The van der Waals surface area contributed by atoms with Gasteiger partial charge in [-0.2, -0.15) is 0 Å². The summed E-state index contributed by atoms with van der Waals surface area (Å²) in [6.45, 7) is 5.18. The average Bonchev–Trinajstić information content (AvgIpc) is 2.78. The van der Waals surface area contributed by atoms with Crippen LogP contribution in [-0.4, -0.2) is 30.9 Å². The maximum Gasteiger partial charge on any atom is 0.149 e. The molecule has 1 aromatic heterocycles. The number of rotatable bonds is 7. The highest BCUT2D eigenvalue weighted by atomic mass is 32.1. The highest BCUT2D eigenvalue weighted by Gasteiger charge is 2.28. The molecule has 0 saturated heterocycles. The van der Waals surface area contributed by atoms with Gasteiger partial charge in [-0.3, -0.25) is 0 Å². The van der Waals surface area contributed by atoms with Crippen molar-refractivity contribution in [2.75, 3.05) is 20.7 Å². The lowest BCUT2D eigenvalue weighted by molar-refractivity contribution is -0.00207. The first kappa shape index (κ1) is 13.5. The van der Waals surface area contributed by atoms with E-state index in [1.807, 2.05) is 7.05 Å². The first-order valence-electron chi connectivity index (χ1n) is 5.69. The van der Waals surface area contributed by atoms with Gasteiger partial charge in [0.25, 0.3) is 0 Å². The molecule has 0 bridgehead atoms. The van der Waals surface area contributed by atoms with E-state index in [1.165, 1.54) is 0 Å². The van der Waals surface area contributed by atoms with Gasteiger partial charge in [0.1, 0.15) is 15.6 Å². The Morgan fingerprint density at radius 2 is 2.19 bits per heavy atom. The van der Waals surface area contributed by atoms with Crippen LogP contribution in [0.25, 0.3) is 0 Å². The number of hydrogen-bond donors (Lipinski definition) is 1. The molecule has 1 atom stereocenters. The molecular formula is C11H21N3OS. The average molecular weight is 243 g/mol. The molecule has 92 valence electrons. The van der Waals surface area contributed by atoms with Crippen molar-refractivity contribution in [2.24, 2.45) is 0 Å². The third-order valence-corrected chi connectivity index (χ3v) is 4.09. The van der Waals surface area contributed by atoms with Gasteiger partial charge in [-0.05, 0) is 33.4 Å². The quantitative estimate of drug-likeness (QED) is 0.744. The second-order valence-corrected chi connectivity index (χ2v) is 5.06. The molecule has 0 aliphatic rings. The number of hydrogen-bond acceptors (Lipinski definition) is 5. The number of aromatic nitrogens is 2. The molecule has 1 heterocycles. The zero-order chi connectivity index (χ0) is 12.0. The third-order valence-electron chi connectivity index (χ3n) is 2.86. The van der Waals surface area contributed by atoms with E-state index in [-0.39, 0.29) is 5.60 Å². The van der Waals surface area contributed by atoms with Crippen LogP contribution in [-0.2, 0) is 16.8 Å². The van der Waals surface area contributed by atoms with Crippen molar-refractivity contribution in [1.82, 2.24) is 15.5 Å². The summed E-state index contributed by atoms with van der Waals surface area (Å²) in [5.41, 5.74) is -0.279. The Hall–Kier alpha value is -0.520. The van der Waals surface area contributed by atoms with Gasteiger partial charge in [0.05, 0.1) is 0 Å². The zero-order valence-electron chi connectivity index (χ0n) is 10.5. The molecule has 1 unspecified atom stereocenters. The summed E-state index contributed by atoms with van der Waals surface area (Å²) in [4.78, 5) is 0. The Balaban J connectivity index is 2.63. The van der Waals surface area contributed by atoms with E-state index >= 15 is 0 Å². The van der Waals surface area contributed by atoms with E-state index in [0.717, 1.165) is 35.8 Å². The van der Waals surface area contributed by atoms with Crippen LogP contribution < -0.4 is 5.32 Å². The van der Waals surface area contributed by atoms with Gasteiger partial charge in [-0.25, -0.2) is 0 Å². The van der Waals surface area contributed by atoms with Crippen LogP contribution in [0.1, 0.15) is 36.7 Å². The molecule has 0 aromatic carbocycles. The fraction of sp³-hybridized carbons (Fsp3) is 0.818. The first-order chi connectivity index (χ1) is 7.66. The summed E-state index contributed by atoms with van der Waals surface area (Å²) >= 11 is 1.66. The van der Waals surface area contributed by atoms with Gasteiger partial charge < -0.3 is 10.1 Å². The molecule has 16 heavy (non-hydrogen) atoms. The van der Waals surface area contributed by atoms with Crippen molar-refractivity contribution in [3.63, 3.8) is 0 Å². The molecular weight excluding hydrogens is 222 g/mol. The molecule has 0 aliphatic carbocycles. The Kier molecular flexibility index (Phi) is 5.31. The van der Waals surface area contributed by atoms with Crippen LogP contribution in [0.3, 0.4) is 0 Å². The Morgan fingerprint density at radius 1 is 1.44 bits per heavy atom. The van der Waals surface area contributed by atoms with Crippen molar-refractivity contribution >= 4 is 11.3 Å². The van der Waals surface area contributed by atoms with Gasteiger partial charge in [0, 0.05) is 13.5 Å². The van der Waals surface area contributed by atoms with Crippen molar-refractivity contribution in [3.05, 3.63) is 10.0 Å². The smallest absolute Gasteiger partial charge is 0.149 e. The predicted octanol–water partition coefficient (Wildman–Crippen LogP) is 1.96. The van der Waals surface area contributed by atoms with E-state index < -0.39 is 0 Å². The molecule has 0 fully saturated rings. The Bertz CT molecular complexity index is 310. The van der Waals surface area contributed by atoms with Crippen LogP contribution in [0.5, 0.6) is 0 Å². The fourth-order valence-corrected chi connectivity index (χ4v) is 2.44. The lowest BCUT2D eigenvalue weighted by atomic mass is 10.1. The topological polar surface area (TPSA) is 47.0 Å². The van der Waals surface area contributed by atoms with Crippen LogP contribution in [0.2, 0.25) is 0 Å². The molecule has 5 heteroatoms. The molecule has 0 radical (unpaired) electrons. The van der Waals surface area contributed by atoms with Crippen LogP contribution in [0, 0.1) is 0 Å². The van der Waals surface area contributed by atoms with Crippen molar-refractivity contribution in [3.8, 4) is 0 Å². The number of ether oxygens (including phenoxy) is 1. The van der Waals surface area contributed by atoms with Gasteiger partial charge in [-0.1, -0.05) is 18.3 Å².